The Balaban J connectivity index is 2.55. The fraction of sp³-hybridized carbons (Fsp3) is 0.333. The van der Waals surface area contributed by atoms with E-state index in [1.807, 2.05) is 0 Å². The molecule has 1 N–H and O–H groups in total. The maximum absolute atomic E-state index is 9.61. The molecule has 4 nitrogen and oxygen atoms in total. The summed E-state index contributed by atoms with van der Waals surface area (Å²) in [4.78, 5) is 2.61. The minimum atomic E-state index is -0.599. The molecule has 1 unspecified atom stereocenters. The number of nitrogens with zero attached hydrogens (tertiary/aromatic N) is 3. The van der Waals surface area contributed by atoms with E-state index in [4.69, 9.17) is 17.1 Å². The van der Waals surface area contributed by atoms with Gasteiger partial charge in [0, 0.05) is 16.5 Å². The predicted octanol–water partition coefficient (Wildman–Crippen LogP) is 3.07. The zero-order valence-corrected chi connectivity index (χ0v) is 8.22. The lowest BCUT2D eigenvalue weighted by atomic mass is 10.1. The molecule has 1 atom stereocenters. The lowest BCUT2D eigenvalue weighted by Gasteiger charge is -2.08. The lowest BCUT2D eigenvalue weighted by molar-refractivity contribution is 0.170. The van der Waals surface area contributed by atoms with Crippen LogP contribution in [0.3, 0.4) is 0 Å². The Kier molecular flexibility index (Phi) is 4.26. The Morgan fingerprint density at radius 2 is 2.07 bits per heavy atom. The first-order valence-corrected chi connectivity index (χ1v) is 4.56. The van der Waals surface area contributed by atoms with Gasteiger partial charge in [0.05, 0.1) is 6.10 Å². The molecule has 0 aromatic heterocycles. The van der Waals surface area contributed by atoms with Crippen molar-refractivity contribution in [3.63, 3.8) is 0 Å². The molecule has 0 aliphatic rings. The van der Waals surface area contributed by atoms with Crippen LogP contribution in [-0.2, 0) is 0 Å². The molecule has 1 aromatic carbocycles. The van der Waals surface area contributed by atoms with Crippen LogP contribution in [0.15, 0.2) is 29.4 Å². The molecule has 14 heavy (non-hydrogen) atoms. The quantitative estimate of drug-likeness (QED) is 0.464. The number of benzene rings is 1. The van der Waals surface area contributed by atoms with Crippen LogP contribution in [0.1, 0.15) is 18.1 Å². The van der Waals surface area contributed by atoms with Crippen molar-refractivity contribution in [2.75, 3.05) is 6.54 Å². The monoisotopic (exact) mass is 211 g/mol. The zero-order valence-electron chi connectivity index (χ0n) is 7.47. The molecule has 0 aliphatic heterocycles. The van der Waals surface area contributed by atoms with Crippen molar-refractivity contribution < 1.29 is 5.11 Å². The Labute approximate surface area is 86.8 Å². The summed E-state index contributed by atoms with van der Waals surface area (Å²) in [5.74, 6) is 0. The number of hydrogen-bond acceptors (Lipinski definition) is 2. The van der Waals surface area contributed by atoms with Crippen LogP contribution in [0, 0.1) is 0 Å². The summed E-state index contributed by atoms with van der Waals surface area (Å²) >= 11 is 5.69. The van der Waals surface area contributed by atoms with Crippen LogP contribution < -0.4 is 0 Å². The van der Waals surface area contributed by atoms with E-state index in [9.17, 15) is 5.11 Å². The van der Waals surface area contributed by atoms with Crippen molar-refractivity contribution in [1.29, 1.82) is 0 Å². The van der Waals surface area contributed by atoms with Crippen LogP contribution in [0.5, 0.6) is 0 Å². The molecule has 0 bridgehead atoms. The van der Waals surface area contributed by atoms with Gasteiger partial charge in [0.2, 0.25) is 0 Å². The molecule has 0 radical (unpaired) electrons. The second-order valence-electron chi connectivity index (χ2n) is 2.81. The van der Waals surface area contributed by atoms with Crippen LogP contribution in [0.4, 0.5) is 0 Å². The first-order valence-electron chi connectivity index (χ1n) is 4.18. The second-order valence-corrected chi connectivity index (χ2v) is 3.25. The largest absolute Gasteiger partial charge is 0.388 e. The average Bonchev–Trinajstić information content (AvgIpc) is 2.19. The summed E-state index contributed by atoms with van der Waals surface area (Å²) < 4.78 is 0. The van der Waals surface area contributed by atoms with Crippen molar-refractivity contribution in [3.05, 3.63) is 45.3 Å². The van der Waals surface area contributed by atoms with E-state index in [-0.39, 0.29) is 0 Å². The first kappa shape index (κ1) is 10.9. The molecule has 0 aliphatic carbocycles. The third-order valence-corrected chi connectivity index (χ3v) is 2.07. The van der Waals surface area contributed by atoms with Gasteiger partial charge in [-0.3, -0.25) is 0 Å². The second kappa shape index (κ2) is 5.50. The van der Waals surface area contributed by atoms with Crippen LogP contribution in [0.2, 0.25) is 5.02 Å². The Morgan fingerprint density at radius 3 is 2.64 bits per heavy atom. The van der Waals surface area contributed by atoms with Crippen molar-refractivity contribution in [1.82, 2.24) is 0 Å². The predicted molar refractivity (Wildman–Crippen MR) is 55.0 cm³/mol. The molecule has 1 aromatic rings. The lowest BCUT2D eigenvalue weighted by Crippen LogP contribution is -1.98. The van der Waals surface area contributed by atoms with E-state index in [1.54, 1.807) is 24.3 Å². The zero-order chi connectivity index (χ0) is 10.4. The molecule has 0 amide bonds. The van der Waals surface area contributed by atoms with Crippen LogP contribution in [0.25, 0.3) is 10.4 Å². The summed E-state index contributed by atoms with van der Waals surface area (Å²) in [6.45, 7) is 0.292. The average molecular weight is 212 g/mol. The number of rotatable bonds is 4. The number of halogens is 1. The van der Waals surface area contributed by atoms with E-state index in [1.165, 1.54) is 0 Å². The number of hydrogen-bond donors (Lipinski definition) is 1. The fourth-order valence-electron chi connectivity index (χ4n) is 1.08. The van der Waals surface area contributed by atoms with Gasteiger partial charge in [-0.2, -0.15) is 0 Å². The third-order valence-electron chi connectivity index (χ3n) is 1.82. The van der Waals surface area contributed by atoms with Gasteiger partial charge in [-0.15, -0.1) is 0 Å². The Morgan fingerprint density at radius 1 is 1.43 bits per heavy atom. The molecule has 0 spiro atoms. The number of aliphatic hydroxyl groups excluding tert-OH is 1. The van der Waals surface area contributed by atoms with E-state index in [2.05, 4.69) is 10.0 Å². The minimum Gasteiger partial charge on any atom is -0.388 e. The normalized spacial score (nSPS) is 11.9. The van der Waals surface area contributed by atoms with E-state index in [0.29, 0.717) is 18.0 Å². The van der Waals surface area contributed by atoms with Gasteiger partial charge in [-0.25, -0.2) is 0 Å². The number of azide groups is 1. The molecule has 5 heteroatoms. The highest BCUT2D eigenvalue weighted by molar-refractivity contribution is 6.30. The maximum Gasteiger partial charge on any atom is 0.0791 e. The van der Waals surface area contributed by atoms with Gasteiger partial charge in [0.15, 0.2) is 0 Å². The first-order chi connectivity index (χ1) is 6.74. The molecule has 0 saturated carbocycles. The summed E-state index contributed by atoms with van der Waals surface area (Å²) in [5, 5.41) is 13.6. The van der Waals surface area contributed by atoms with Crippen LogP contribution >= 0.6 is 11.6 Å². The van der Waals surface area contributed by atoms with Gasteiger partial charge in [-0.05, 0) is 29.6 Å². The molecule has 0 saturated heterocycles. The molecular weight excluding hydrogens is 202 g/mol. The van der Waals surface area contributed by atoms with Gasteiger partial charge < -0.3 is 5.11 Å². The number of aliphatic hydroxyl groups is 1. The smallest absolute Gasteiger partial charge is 0.0791 e. The van der Waals surface area contributed by atoms with Gasteiger partial charge in [0.25, 0.3) is 0 Å². The van der Waals surface area contributed by atoms with Crippen molar-refractivity contribution in [2.24, 2.45) is 5.11 Å². The fourth-order valence-corrected chi connectivity index (χ4v) is 1.20. The Bertz CT molecular complexity index is 332. The molecular formula is C9H10ClN3O. The van der Waals surface area contributed by atoms with Gasteiger partial charge in [0.1, 0.15) is 0 Å². The van der Waals surface area contributed by atoms with Crippen LogP contribution in [-0.4, -0.2) is 11.7 Å². The minimum absolute atomic E-state index is 0.292. The molecule has 0 heterocycles. The maximum atomic E-state index is 9.61. The van der Waals surface area contributed by atoms with Crippen molar-refractivity contribution >= 4 is 11.6 Å². The SMILES string of the molecule is [N-]=[N+]=NCCC(O)c1ccc(Cl)cc1. The highest BCUT2D eigenvalue weighted by Crippen LogP contribution is 2.18. The molecule has 0 fully saturated rings. The molecule has 1 rings (SSSR count). The summed E-state index contributed by atoms with van der Waals surface area (Å²) in [5.41, 5.74) is 8.83. The summed E-state index contributed by atoms with van der Waals surface area (Å²) in [7, 11) is 0. The van der Waals surface area contributed by atoms with E-state index < -0.39 is 6.10 Å². The highest BCUT2D eigenvalue weighted by Gasteiger charge is 2.05. The highest BCUT2D eigenvalue weighted by atomic mass is 35.5. The van der Waals surface area contributed by atoms with Crippen molar-refractivity contribution in [3.8, 4) is 0 Å². The van der Waals surface area contributed by atoms with Gasteiger partial charge >= 0.3 is 0 Å². The van der Waals surface area contributed by atoms with E-state index in [0.717, 1.165) is 5.56 Å². The van der Waals surface area contributed by atoms with Gasteiger partial charge in [-0.1, -0.05) is 28.8 Å². The Hall–Kier alpha value is -1.22. The third kappa shape index (κ3) is 3.26. The molecule has 74 valence electrons. The summed E-state index contributed by atoms with van der Waals surface area (Å²) in [6.07, 6.45) is -0.177. The summed E-state index contributed by atoms with van der Waals surface area (Å²) in [6, 6.07) is 6.94. The van der Waals surface area contributed by atoms with Crippen molar-refractivity contribution in [2.45, 2.75) is 12.5 Å². The van der Waals surface area contributed by atoms with E-state index >= 15 is 0 Å². The standard InChI is InChI=1S/C9H10ClN3O/c10-8-3-1-7(2-4-8)9(14)5-6-12-13-11/h1-4,9,14H,5-6H2. The topological polar surface area (TPSA) is 69.0 Å².